The molecule has 0 bridgehead atoms. The molecule has 0 N–H and O–H groups in total. The summed E-state index contributed by atoms with van der Waals surface area (Å²) in [5, 5.41) is 0. The van der Waals surface area contributed by atoms with Crippen LogP contribution in [-0.2, 0) is 11.3 Å². The van der Waals surface area contributed by atoms with Gasteiger partial charge >= 0.3 is 5.97 Å². The highest BCUT2D eigenvalue weighted by Crippen LogP contribution is 2.19. The van der Waals surface area contributed by atoms with Crippen LogP contribution in [0, 0.1) is 5.82 Å². The molecule has 0 spiro atoms. The Balaban J connectivity index is 0.00000225. The predicted octanol–water partition coefficient (Wildman–Crippen LogP) is 4.83. The van der Waals surface area contributed by atoms with E-state index in [1.165, 1.54) is 29.8 Å². The minimum atomic E-state index is -0.374. The van der Waals surface area contributed by atoms with E-state index in [1.54, 1.807) is 0 Å². The van der Waals surface area contributed by atoms with Gasteiger partial charge in [-0.05, 0) is 54.8 Å². The Kier molecular flexibility index (Phi) is 7.41. The molecule has 2 aromatic rings. The average Bonchev–Trinajstić information content (AvgIpc) is 2.59. The SMILES string of the molecule is Cl.O=C(OC1CCN(Cc2ccc(Br)cc2)CC1)c1ccc(F)cc1. The van der Waals surface area contributed by atoms with Gasteiger partial charge in [-0.15, -0.1) is 12.4 Å². The van der Waals surface area contributed by atoms with E-state index in [0.29, 0.717) is 5.56 Å². The van der Waals surface area contributed by atoms with E-state index in [0.717, 1.165) is 36.9 Å². The van der Waals surface area contributed by atoms with Gasteiger partial charge in [0.05, 0.1) is 5.56 Å². The highest BCUT2D eigenvalue weighted by molar-refractivity contribution is 9.10. The standard InChI is InChI=1S/C19H19BrFNO2.ClH/c20-16-5-1-14(2-6-16)13-22-11-9-18(10-12-22)24-19(23)15-3-7-17(21)8-4-15;/h1-8,18H,9-13H2;1H. The summed E-state index contributed by atoms with van der Waals surface area (Å²) in [6, 6.07) is 13.8. The minimum Gasteiger partial charge on any atom is -0.459 e. The minimum absolute atomic E-state index is 0. The number of hydrogen-bond acceptors (Lipinski definition) is 3. The first-order valence-corrected chi connectivity index (χ1v) is 8.83. The lowest BCUT2D eigenvalue weighted by atomic mass is 10.1. The molecule has 2 aromatic carbocycles. The van der Waals surface area contributed by atoms with Gasteiger partial charge in [0.25, 0.3) is 0 Å². The van der Waals surface area contributed by atoms with Gasteiger partial charge in [-0.2, -0.15) is 0 Å². The zero-order valence-electron chi connectivity index (χ0n) is 13.7. The van der Waals surface area contributed by atoms with E-state index in [2.05, 4.69) is 33.0 Å². The summed E-state index contributed by atoms with van der Waals surface area (Å²) in [4.78, 5) is 14.4. The van der Waals surface area contributed by atoms with Crippen LogP contribution >= 0.6 is 28.3 Å². The lowest BCUT2D eigenvalue weighted by molar-refractivity contribution is 0.0104. The van der Waals surface area contributed by atoms with E-state index >= 15 is 0 Å². The third-order valence-corrected chi connectivity index (χ3v) is 4.74. The van der Waals surface area contributed by atoms with Crippen molar-refractivity contribution in [1.29, 1.82) is 0 Å². The van der Waals surface area contributed by atoms with Crippen molar-refractivity contribution in [1.82, 2.24) is 4.90 Å². The fourth-order valence-corrected chi connectivity index (χ4v) is 3.10. The van der Waals surface area contributed by atoms with Crippen LogP contribution < -0.4 is 0 Å². The van der Waals surface area contributed by atoms with Crippen molar-refractivity contribution in [3.63, 3.8) is 0 Å². The van der Waals surface area contributed by atoms with E-state index in [-0.39, 0.29) is 30.3 Å². The molecule has 0 amide bonds. The molecule has 1 saturated heterocycles. The first-order chi connectivity index (χ1) is 11.6. The Bertz CT molecular complexity index is 686. The molecule has 0 unspecified atom stereocenters. The number of carbonyl (C=O) groups is 1. The van der Waals surface area contributed by atoms with E-state index in [9.17, 15) is 9.18 Å². The molecule has 6 heteroatoms. The van der Waals surface area contributed by atoms with Crippen molar-refractivity contribution in [3.8, 4) is 0 Å². The Morgan fingerprint density at radius 2 is 1.68 bits per heavy atom. The molecule has 134 valence electrons. The number of carbonyl (C=O) groups excluding carboxylic acids is 1. The number of likely N-dealkylation sites (tertiary alicyclic amines) is 1. The molecule has 1 heterocycles. The third kappa shape index (κ3) is 5.80. The Morgan fingerprint density at radius 3 is 2.28 bits per heavy atom. The topological polar surface area (TPSA) is 29.5 Å². The second-order valence-corrected chi connectivity index (χ2v) is 6.93. The van der Waals surface area contributed by atoms with Gasteiger partial charge < -0.3 is 4.74 Å². The van der Waals surface area contributed by atoms with Crippen LogP contribution in [0.15, 0.2) is 53.0 Å². The smallest absolute Gasteiger partial charge is 0.338 e. The van der Waals surface area contributed by atoms with Gasteiger partial charge in [0.1, 0.15) is 11.9 Å². The van der Waals surface area contributed by atoms with Gasteiger partial charge in [-0.3, -0.25) is 4.90 Å². The highest BCUT2D eigenvalue weighted by atomic mass is 79.9. The van der Waals surface area contributed by atoms with Gasteiger partial charge in [0.15, 0.2) is 0 Å². The molecule has 1 aliphatic rings. The molecular weight excluding hydrogens is 409 g/mol. The number of rotatable bonds is 4. The van der Waals surface area contributed by atoms with Crippen LogP contribution in [0.5, 0.6) is 0 Å². The molecule has 3 nitrogen and oxygen atoms in total. The summed E-state index contributed by atoms with van der Waals surface area (Å²) in [6.45, 7) is 2.71. The Hall–Kier alpha value is -1.43. The van der Waals surface area contributed by atoms with E-state index in [1.807, 2.05) is 12.1 Å². The van der Waals surface area contributed by atoms with Crippen LogP contribution in [0.1, 0.15) is 28.8 Å². The van der Waals surface area contributed by atoms with Crippen molar-refractivity contribution >= 4 is 34.3 Å². The maximum atomic E-state index is 12.9. The third-order valence-electron chi connectivity index (χ3n) is 4.21. The molecule has 0 aliphatic carbocycles. The van der Waals surface area contributed by atoms with E-state index < -0.39 is 0 Å². The molecular formula is C19H20BrClFNO2. The summed E-state index contributed by atoms with van der Waals surface area (Å²) in [5.41, 5.74) is 1.67. The molecule has 0 aromatic heterocycles. The predicted molar refractivity (Wildman–Crippen MR) is 102 cm³/mol. The zero-order valence-corrected chi connectivity index (χ0v) is 16.1. The Labute approximate surface area is 161 Å². The molecule has 0 saturated carbocycles. The molecule has 25 heavy (non-hydrogen) atoms. The molecule has 1 fully saturated rings. The lowest BCUT2D eigenvalue weighted by Gasteiger charge is -2.31. The maximum Gasteiger partial charge on any atom is 0.338 e. The quantitative estimate of drug-likeness (QED) is 0.653. The van der Waals surface area contributed by atoms with E-state index in [4.69, 9.17) is 4.74 Å². The molecule has 0 atom stereocenters. The summed E-state index contributed by atoms with van der Waals surface area (Å²) in [5.74, 6) is -0.728. The van der Waals surface area contributed by atoms with Crippen LogP contribution in [-0.4, -0.2) is 30.1 Å². The van der Waals surface area contributed by atoms with Crippen LogP contribution in [0.4, 0.5) is 4.39 Å². The summed E-state index contributed by atoms with van der Waals surface area (Å²) < 4.78 is 19.5. The summed E-state index contributed by atoms with van der Waals surface area (Å²) in [6.07, 6.45) is 1.58. The van der Waals surface area contributed by atoms with Gasteiger partial charge in [-0.25, -0.2) is 9.18 Å². The summed E-state index contributed by atoms with van der Waals surface area (Å²) >= 11 is 3.44. The van der Waals surface area contributed by atoms with Crippen molar-refractivity contribution in [2.45, 2.75) is 25.5 Å². The van der Waals surface area contributed by atoms with Crippen molar-refractivity contribution in [3.05, 3.63) is 69.9 Å². The number of hydrogen-bond donors (Lipinski definition) is 0. The number of halogens is 3. The first kappa shape index (κ1) is 19.9. The molecule has 0 radical (unpaired) electrons. The number of ether oxygens (including phenoxy) is 1. The highest BCUT2D eigenvalue weighted by Gasteiger charge is 2.22. The number of nitrogens with zero attached hydrogens (tertiary/aromatic N) is 1. The second-order valence-electron chi connectivity index (χ2n) is 6.01. The second kappa shape index (κ2) is 9.32. The number of benzene rings is 2. The average molecular weight is 429 g/mol. The van der Waals surface area contributed by atoms with Crippen molar-refractivity contribution in [2.75, 3.05) is 13.1 Å². The number of piperidine rings is 1. The van der Waals surface area contributed by atoms with Gasteiger partial charge in [0.2, 0.25) is 0 Å². The fourth-order valence-electron chi connectivity index (χ4n) is 2.84. The van der Waals surface area contributed by atoms with Crippen molar-refractivity contribution < 1.29 is 13.9 Å². The zero-order chi connectivity index (χ0) is 16.9. The normalized spacial score (nSPS) is 15.4. The van der Waals surface area contributed by atoms with Crippen LogP contribution in [0.2, 0.25) is 0 Å². The van der Waals surface area contributed by atoms with Gasteiger partial charge in [0, 0.05) is 24.1 Å². The van der Waals surface area contributed by atoms with Gasteiger partial charge in [-0.1, -0.05) is 28.1 Å². The van der Waals surface area contributed by atoms with Crippen molar-refractivity contribution in [2.24, 2.45) is 0 Å². The molecule has 3 rings (SSSR count). The Morgan fingerprint density at radius 1 is 1.08 bits per heavy atom. The van der Waals surface area contributed by atoms with Crippen LogP contribution in [0.3, 0.4) is 0 Å². The molecule has 1 aliphatic heterocycles. The fraction of sp³-hybridized carbons (Fsp3) is 0.316. The maximum absolute atomic E-state index is 12.9. The largest absolute Gasteiger partial charge is 0.459 e. The number of esters is 1. The monoisotopic (exact) mass is 427 g/mol. The summed E-state index contributed by atoms with van der Waals surface area (Å²) in [7, 11) is 0. The van der Waals surface area contributed by atoms with Crippen LogP contribution in [0.25, 0.3) is 0 Å². The lowest BCUT2D eigenvalue weighted by Crippen LogP contribution is -2.37. The first-order valence-electron chi connectivity index (χ1n) is 8.03.